The van der Waals surface area contributed by atoms with E-state index < -0.39 is 0 Å². The third-order valence-corrected chi connectivity index (χ3v) is 11.7. The van der Waals surface area contributed by atoms with Crippen molar-refractivity contribution in [1.82, 2.24) is 0 Å². The molecule has 4 aliphatic carbocycles. The topological polar surface area (TPSA) is 0 Å². The average Bonchev–Trinajstić information content (AvgIpc) is 3.09. The summed E-state index contributed by atoms with van der Waals surface area (Å²) in [5.74, 6) is 5.70. The van der Waals surface area contributed by atoms with Gasteiger partial charge >= 0.3 is 0 Å². The summed E-state index contributed by atoms with van der Waals surface area (Å²) in [6.07, 6.45) is 33.9. The molecule has 0 N–H and O–H groups in total. The number of benzene rings is 2. The van der Waals surface area contributed by atoms with Gasteiger partial charge < -0.3 is 0 Å². The van der Waals surface area contributed by atoms with Gasteiger partial charge in [-0.15, -0.1) is 12.1 Å². The first kappa shape index (κ1) is 34.3. The number of hydrogen-bond acceptors (Lipinski definition) is 0. The fourth-order valence-electron chi connectivity index (χ4n) is 8.84. The second-order valence-corrected chi connectivity index (χ2v) is 14.5. The van der Waals surface area contributed by atoms with Crippen LogP contribution in [-0.4, -0.2) is 0 Å². The molecule has 1 heteroatoms. The Kier molecular flexibility index (Phi) is 13.5. The molecule has 2 fully saturated rings. The van der Waals surface area contributed by atoms with Crippen LogP contribution in [0.3, 0.4) is 0 Å². The van der Waals surface area contributed by atoms with Gasteiger partial charge in [0.25, 0.3) is 0 Å². The molecule has 2 aromatic carbocycles. The molecule has 0 aromatic heterocycles. The van der Waals surface area contributed by atoms with Gasteiger partial charge in [-0.3, -0.25) is 0 Å². The summed E-state index contributed by atoms with van der Waals surface area (Å²) in [6.45, 7) is 8.18. The second-order valence-electron chi connectivity index (χ2n) is 14.5. The summed E-state index contributed by atoms with van der Waals surface area (Å²) >= 11 is 0. The first-order chi connectivity index (χ1) is 21.6. The van der Waals surface area contributed by atoms with Crippen molar-refractivity contribution in [3.63, 3.8) is 0 Å². The van der Waals surface area contributed by atoms with Gasteiger partial charge in [0.1, 0.15) is 0 Å². The van der Waals surface area contributed by atoms with Gasteiger partial charge in [0.15, 0.2) is 0 Å². The minimum absolute atomic E-state index is 0. The maximum Gasteiger partial charge on any atom is 0 e. The smallest absolute Gasteiger partial charge is 0 e. The summed E-state index contributed by atoms with van der Waals surface area (Å²) in [7, 11) is 0. The summed E-state index contributed by atoms with van der Waals surface area (Å²) in [4.78, 5) is 0. The van der Waals surface area contributed by atoms with Gasteiger partial charge in [0.2, 0.25) is 0 Å². The van der Waals surface area contributed by atoms with Crippen LogP contribution in [0.1, 0.15) is 126 Å². The van der Waals surface area contributed by atoms with Crippen LogP contribution in [-0.2, 0) is 0 Å². The van der Waals surface area contributed by atoms with Gasteiger partial charge in [-0.1, -0.05) is 78.6 Å². The molecule has 244 valence electrons. The van der Waals surface area contributed by atoms with Crippen LogP contribution in [0.4, 0.5) is 0 Å². The minimum Gasteiger partial charge on any atom is -0.184 e. The molecule has 2 saturated carbocycles. The molecule has 0 bridgehead atoms. The number of aryl methyl sites for hydroxylation is 1. The molecular formula is C44H59Cm-. The Balaban J connectivity index is 0.000000201. The molecule has 6 rings (SSSR count). The van der Waals surface area contributed by atoms with Crippen molar-refractivity contribution >= 4 is 11.1 Å². The normalized spacial score (nSPS) is 28.6. The van der Waals surface area contributed by atoms with E-state index in [4.69, 9.17) is 0 Å². The number of hydrogen-bond donors (Lipinski definition) is 0. The molecule has 45 heavy (non-hydrogen) atoms. The molecule has 0 saturated heterocycles. The predicted octanol–water partition coefficient (Wildman–Crippen LogP) is 13.0. The maximum atomic E-state index is 3.86. The van der Waals surface area contributed by atoms with Gasteiger partial charge in [0, 0.05) is 0 Å². The molecule has 2 unspecified atom stereocenters. The van der Waals surface area contributed by atoms with Crippen LogP contribution < -0.4 is 0 Å². The van der Waals surface area contributed by atoms with E-state index >= 15 is 0 Å². The summed E-state index contributed by atoms with van der Waals surface area (Å²) in [5, 5.41) is 0. The molecule has 4 aliphatic rings. The Morgan fingerprint density at radius 2 is 1.22 bits per heavy atom. The summed E-state index contributed by atoms with van der Waals surface area (Å²) in [5.41, 5.74) is 7.35. The van der Waals surface area contributed by atoms with Crippen LogP contribution in [0.25, 0.3) is 11.1 Å². The van der Waals surface area contributed by atoms with E-state index in [0.29, 0.717) is 0 Å². The molecule has 0 aliphatic heterocycles. The van der Waals surface area contributed by atoms with Crippen molar-refractivity contribution in [2.75, 3.05) is 0 Å². The first-order valence-electron chi connectivity index (χ1n) is 18.3. The Bertz CT molecular complexity index is 1220. The Morgan fingerprint density at radius 3 is 1.71 bits per heavy atom. The monoisotopic (exact) mass is 831 g/mol. The third kappa shape index (κ3) is 9.94. The zero-order chi connectivity index (χ0) is 30.6. The molecule has 2 atom stereocenters. The quantitative estimate of drug-likeness (QED) is 0.184. The molecule has 0 nitrogen and oxygen atoms in total. The van der Waals surface area contributed by atoms with E-state index in [-0.39, 0.29) is 0 Å². The summed E-state index contributed by atoms with van der Waals surface area (Å²) in [6, 6.07) is 20.7. The molecule has 0 heterocycles. The van der Waals surface area contributed by atoms with Gasteiger partial charge in [-0.25, -0.2) is 0 Å². The van der Waals surface area contributed by atoms with Crippen molar-refractivity contribution < 1.29 is 0 Å². The minimum atomic E-state index is 0. The molecule has 0 amide bonds. The zero-order valence-corrected chi connectivity index (χ0v) is 31.3. The van der Waals surface area contributed by atoms with Crippen LogP contribution in [0, 0.1) is 48.5 Å². The van der Waals surface area contributed by atoms with Crippen molar-refractivity contribution in [3.05, 3.63) is 108 Å². The number of rotatable bonds is 8. The number of allylic oxidation sites excluding steroid dienone is 7. The molecule has 2 aromatic rings. The van der Waals surface area contributed by atoms with Gasteiger partial charge in [-0.2, -0.15) is 30.3 Å². The molecule has 0 spiro atoms. The largest absolute Gasteiger partial charge is 0.184 e. The van der Waals surface area contributed by atoms with Crippen LogP contribution in [0.15, 0.2) is 85.5 Å². The Morgan fingerprint density at radius 1 is 0.689 bits per heavy atom. The van der Waals surface area contributed by atoms with Crippen molar-refractivity contribution in [1.29, 1.82) is 0 Å². The van der Waals surface area contributed by atoms with Gasteiger partial charge in [-0.05, 0) is 150 Å². The van der Waals surface area contributed by atoms with Crippen molar-refractivity contribution in [2.45, 2.75) is 117 Å². The SMILES string of the molecule is C/C=C/C1CCC(C2CC=C(c3cc[c-]cc3)CC2)CC1.C=CCCC1CCC(C2CC=C(c3ccc(C)cc3)CC2)CC1.[Cm]. The van der Waals surface area contributed by atoms with Crippen molar-refractivity contribution in [3.8, 4) is 0 Å². The van der Waals surface area contributed by atoms with E-state index in [1.807, 2.05) is 12.1 Å². The maximum absolute atomic E-state index is 3.86. The molecule has 0 radical (unpaired) electrons. The van der Waals surface area contributed by atoms with Crippen LogP contribution >= 0.6 is 0 Å². The van der Waals surface area contributed by atoms with Crippen LogP contribution in [0.5, 0.6) is 0 Å². The predicted molar refractivity (Wildman–Crippen MR) is 192 cm³/mol. The van der Waals surface area contributed by atoms with E-state index in [2.05, 4.69) is 93.3 Å². The van der Waals surface area contributed by atoms with Gasteiger partial charge in [0.05, 0.1) is 0 Å². The third-order valence-electron chi connectivity index (χ3n) is 11.7. The first-order valence-corrected chi connectivity index (χ1v) is 18.3. The summed E-state index contributed by atoms with van der Waals surface area (Å²) < 4.78 is 0. The van der Waals surface area contributed by atoms with E-state index in [1.54, 1.807) is 11.1 Å². The van der Waals surface area contributed by atoms with Crippen LogP contribution in [0.2, 0.25) is 0 Å². The zero-order valence-electron chi connectivity index (χ0n) is 28.3. The Labute approximate surface area is 270 Å². The van der Waals surface area contributed by atoms with E-state index in [9.17, 15) is 0 Å². The second kappa shape index (κ2) is 17.8. The fourth-order valence-corrected chi connectivity index (χ4v) is 8.84. The van der Waals surface area contributed by atoms with E-state index in [1.165, 1.54) is 119 Å². The van der Waals surface area contributed by atoms with Crippen molar-refractivity contribution in [2.24, 2.45) is 35.5 Å². The fraction of sp³-hybridized carbons (Fsp3) is 0.545. The molecular weight excluding hydrogens is 775 g/mol. The Hall–Kier alpha value is -3.60. The average molecular weight is 835 g/mol. The van der Waals surface area contributed by atoms with E-state index in [0.717, 1.165) is 35.5 Å². The standard InChI is InChI=1S/C23H32.C21H27.Cm/c1-3-4-5-19-8-12-21(13-9-19)23-16-14-22(15-17-23)20-10-6-18(2)7-11-20;1-2-6-17-9-11-19(12-10-17)21-15-13-20(14-16-21)18-7-4-3-5-8-18;/h3,6-7,10-11,14,19,21,23H,1,4-5,8-9,12-13,15-17H2,2H3;2,4-8,13,17,19,21H,9-12,14-16H2,1H3;/q;-1;/b;6-2+;.